The van der Waals surface area contributed by atoms with Crippen LogP contribution in [-0.4, -0.2) is 22.2 Å². The number of benzene rings is 1. The quantitative estimate of drug-likeness (QED) is 0.857. The van der Waals surface area contributed by atoms with Crippen molar-refractivity contribution in [1.82, 2.24) is 4.57 Å². The molecule has 1 unspecified atom stereocenters. The van der Waals surface area contributed by atoms with E-state index < -0.39 is 11.7 Å². The van der Waals surface area contributed by atoms with E-state index in [0.29, 0.717) is 17.6 Å². The van der Waals surface area contributed by atoms with Crippen molar-refractivity contribution >= 4 is 22.8 Å². The third-order valence-corrected chi connectivity index (χ3v) is 2.97. The molecule has 1 heterocycles. The Bertz CT molecular complexity index is 656. The largest absolute Gasteiger partial charge is 0.481 e. The van der Waals surface area contributed by atoms with Crippen molar-refractivity contribution in [2.45, 2.75) is 13.3 Å². The third kappa shape index (κ3) is 2.96. The van der Waals surface area contributed by atoms with Gasteiger partial charge in [-0.3, -0.25) is 9.36 Å². The first-order valence-electron chi connectivity index (χ1n) is 6.02. The Morgan fingerprint density at radius 2 is 2.26 bits per heavy atom. The zero-order valence-electron chi connectivity index (χ0n) is 10.8. The Kier molecular flexibility index (Phi) is 3.59. The maximum absolute atomic E-state index is 11.3. The van der Waals surface area contributed by atoms with Crippen molar-refractivity contribution in [1.29, 1.82) is 0 Å². The maximum Gasteiger partial charge on any atom is 0.419 e. The number of oxazole rings is 1. The van der Waals surface area contributed by atoms with E-state index in [4.69, 9.17) is 9.52 Å². The minimum atomic E-state index is -0.804. The fourth-order valence-corrected chi connectivity index (χ4v) is 1.90. The summed E-state index contributed by atoms with van der Waals surface area (Å²) < 4.78 is 6.47. The summed E-state index contributed by atoms with van der Waals surface area (Å²) in [6, 6.07) is 5.34. The Labute approximate surface area is 109 Å². The van der Waals surface area contributed by atoms with E-state index in [0.717, 1.165) is 5.69 Å². The zero-order chi connectivity index (χ0) is 14.0. The molecule has 2 aromatic rings. The molecule has 1 atom stereocenters. The second-order valence-corrected chi connectivity index (χ2v) is 4.69. The van der Waals surface area contributed by atoms with E-state index in [-0.39, 0.29) is 12.3 Å². The molecule has 1 aromatic carbocycles. The number of carbonyl (C=O) groups is 1. The standard InChI is InChI=1S/C13H16N2O4/c1-8(5-12(16)17)7-14-9-3-4-11-10(6-9)15(2)13(18)19-11/h3-4,6,8,14H,5,7H2,1-2H3,(H,16,17). The summed E-state index contributed by atoms with van der Waals surface area (Å²) >= 11 is 0. The molecule has 0 aliphatic heterocycles. The van der Waals surface area contributed by atoms with Crippen LogP contribution in [0.25, 0.3) is 11.1 Å². The van der Waals surface area contributed by atoms with Crippen LogP contribution < -0.4 is 11.1 Å². The van der Waals surface area contributed by atoms with Gasteiger partial charge in [-0.15, -0.1) is 0 Å². The van der Waals surface area contributed by atoms with Gasteiger partial charge in [-0.1, -0.05) is 6.92 Å². The molecular weight excluding hydrogens is 248 g/mol. The lowest BCUT2D eigenvalue weighted by molar-refractivity contribution is -0.137. The van der Waals surface area contributed by atoms with Crippen molar-refractivity contribution in [3.63, 3.8) is 0 Å². The molecule has 102 valence electrons. The van der Waals surface area contributed by atoms with Crippen molar-refractivity contribution in [2.75, 3.05) is 11.9 Å². The minimum Gasteiger partial charge on any atom is -0.481 e. The molecule has 6 heteroatoms. The number of aliphatic carboxylic acids is 1. The predicted molar refractivity (Wildman–Crippen MR) is 71.4 cm³/mol. The Balaban J connectivity index is 2.11. The van der Waals surface area contributed by atoms with Gasteiger partial charge in [0.2, 0.25) is 0 Å². The van der Waals surface area contributed by atoms with Gasteiger partial charge in [-0.2, -0.15) is 0 Å². The van der Waals surface area contributed by atoms with Crippen LogP contribution in [0.4, 0.5) is 5.69 Å². The maximum atomic E-state index is 11.3. The number of carboxylic acid groups (broad SMARTS) is 1. The number of aryl methyl sites for hydroxylation is 1. The zero-order valence-corrected chi connectivity index (χ0v) is 10.8. The highest BCUT2D eigenvalue weighted by molar-refractivity contribution is 5.77. The number of hydrogen-bond donors (Lipinski definition) is 2. The summed E-state index contributed by atoms with van der Waals surface area (Å²) in [7, 11) is 1.64. The summed E-state index contributed by atoms with van der Waals surface area (Å²) in [5, 5.41) is 11.8. The van der Waals surface area contributed by atoms with E-state index in [1.54, 1.807) is 19.2 Å². The van der Waals surface area contributed by atoms with Crippen LogP contribution in [0.5, 0.6) is 0 Å². The fourth-order valence-electron chi connectivity index (χ4n) is 1.90. The van der Waals surface area contributed by atoms with Gasteiger partial charge in [-0.25, -0.2) is 4.79 Å². The molecule has 2 rings (SSSR count). The highest BCUT2D eigenvalue weighted by atomic mass is 16.4. The fraction of sp³-hybridized carbons (Fsp3) is 0.385. The van der Waals surface area contributed by atoms with Crippen LogP contribution in [0.2, 0.25) is 0 Å². The average Bonchev–Trinajstić information content (AvgIpc) is 2.62. The van der Waals surface area contributed by atoms with E-state index in [1.807, 2.05) is 13.0 Å². The summed E-state index contributed by atoms with van der Waals surface area (Å²) in [4.78, 5) is 21.9. The molecule has 0 bridgehead atoms. The van der Waals surface area contributed by atoms with Gasteiger partial charge in [0, 0.05) is 25.7 Å². The van der Waals surface area contributed by atoms with Crippen LogP contribution in [0, 0.1) is 5.92 Å². The number of fused-ring (bicyclic) bond motifs is 1. The molecule has 0 saturated heterocycles. The summed E-state index contributed by atoms with van der Waals surface area (Å²) in [6.07, 6.45) is 0.124. The summed E-state index contributed by atoms with van der Waals surface area (Å²) in [5.41, 5.74) is 2.08. The van der Waals surface area contributed by atoms with Gasteiger partial charge < -0.3 is 14.8 Å². The molecule has 2 N–H and O–H groups in total. The smallest absolute Gasteiger partial charge is 0.419 e. The SMILES string of the molecule is CC(CNc1ccc2oc(=O)n(C)c2c1)CC(=O)O. The van der Waals surface area contributed by atoms with Crippen LogP contribution >= 0.6 is 0 Å². The van der Waals surface area contributed by atoms with E-state index in [2.05, 4.69) is 5.32 Å². The van der Waals surface area contributed by atoms with Crippen LogP contribution in [0.15, 0.2) is 27.4 Å². The molecule has 19 heavy (non-hydrogen) atoms. The van der Waals surface area contributed by atoms with Crippen LogP contribution in [-0.2, 0) is 11.8 Å². The summed E-state index contributed by atoms with van der Waals surface area (Å²) in [5.74, 6) is -1.17. The number of anilines is 1. The van der Waals surface area contributed by atoms with E-state index >= 15 is 0 Å². The van der Waals surface area contributed by atoms with Gasteiger partial charge in [0.05, 0.1) is 5.52 Å². The number of hydrogen-bond acceptors (Lipinski definition) is 4. The highest BCUT2D eigenvalue weighted by Crippen LogP contribution is 2.18. The molecule has 1 aromatic heterocycles. The normalized spacial score (nSPS) is 12.5. The number of nitrogens with one attached hydrogen (secondary N) is 1. The molecular formula is C13H16N2O4. The lowest BCUT2D eigenvalue weighted by Crippen LogP contribution is -2.15. The molecule has 0 radical (unpaired) electrons. The van der Waals surface area contributed by atoms with Crippen molar-refractivity contribution < 1.29 is 14.3 Å². The topological polar surface area (TPSA) is 84.5 Å². The molecule has 0 amide bonds. The average molecular weight is 264 g/mol. The Morgan fingerprint density at radius 1 is 1.53 bits per heavy atom. The molecule has 0 aliphatic rings. The number of carboxylic acids is 1. The highest BCUT2D eigenvalue weighted by Gasteiger charge is 2.09. The van der Waals surface area contributed by atoms with Crippen molar-refractivity contribution in [2.24, 2.45) is 13.0 Å². The van der Waals surface area contributed by atoms with Crippen LogP contribution in [0.3, 0.4) is 0 Å². The second kappa shape index (κ2) is 5.17. The van der Waals surface area contributed by atoms with E-state index in [1.165, 1.54) is 4.57 Å². The molecule has 6 nitrogen and oxygen atoms in total. The van der Waals surface area contributed by atoms with Gasteiger partial charge in [-0.05, 0) is 24.1 Å². The van der Waals surface area contributed by atoms with E-state index in [9.17, 15) is 9.59 Å². The molecule has 0 aliphatic carbocycles. The molecule has 0 saturated carbocycles. The number of nitrogens with zero attached hydrogens (tertiary/aromatic N) is 1. The van der Waals surface area contributed by atoms with Gasteiger partial charge in [0.1, 0.15) is 0 Å². The molecule has 0 fully saturated rings. The van der Waals surface area contributed by atoms with Gasteiger partial charge >= 0.3 is 11.7 Å². The summed E-state index contributed by atoms with van der Waals surface area (Å²) in [6.45, 7) is 2.43. The first-order valence-corrected chi connectivity index (χ1v) is 6.02. The molecule has 0 spiro atoms. The number of rotatable bonds is 5. The first kappa shape index (κ1) is 13.2. The van der Waals surface area contributed by atoms with Crippen LogP contribution in [0.1, 0.15) is 13.3 Å². The second-order valence-electron chi connectivity index (χ2n) is 4.69. The Hall–Kier alpha value is -2.24. The lowest BCUT2D eigenvalue weighted by Gasteiger charge is -2.11. The number of aromatic nitrogens is 1. The van der Waals surface area contributed by atoms with Gasteiger partial charge in [0.25, 0.3) is 0 Å². The third-order valence-electron chi connectivity index (χ3n) is 2.97. The monoisotopic (exact) mass is 264 g/mol. The first-order chi connectivity index (χ1) is 8.97. The van der Waals surface area contributed by atoms with Crippen molar-refractivity contribution in [3.05, 3.63) is 28.7 Å². The van der Waals surface area contributed by atoms with Gasteiger partial charge in [0.15, 0.2) is 5.58 Å². The predicted octanol–water partition coefficient (Wildman–Crippen LogP) is 1.65. The van der Waals surface area contributed by atoms with Crippen molar-refractivity contribution in [3.8, 4) is 0 Å². The minimum absolute atomic E-state index is 0.0290. The Morgan fingerprint density at radius 3 is 2.95 bits per heavy atom. The lowest BCUT2D eigenvalue weighted by atomic mass is 10.1.